The Morgan fingerprint density at radius 3 is 2.70 bits per heavy atom. The number of terminal acetylenes is 1. The van der Waals surface area contributed by atoms with Crippen molar-refractivity contribution in [1.82, 2.24) is 9.80 Å². The highest BCUT2D eigenvalue weighted by molar-refractivity contribution is 14.1. The molecular formula is C21H21IN2O5S. The van der Waals surface area contributed by atoms with Crippen molar-refractivity contribution in [2.75, 3.05) is 33.4 Å². The minimum absolute atomic E-state index is 0.107. The molecule has 2 aliphatic rings. The minimum Gasteiger partial charge on any atom is -0.493 e. The summed E-state index contributed by atoms with van der Waals surface area (Å²) >= 11 is 2.92. The lowest BCUT2D eigenvalue weighted by molar-refractivity contribution is -0.136. The van der Waals surface area contributed by atoms with Crippen molar-refractivity contribution in [3.63, 3.8) is 0 Å². The summed E-state index contributed by atoms with van der Waals surface area (Å²) in [6.45, 7) is 1.24. The molecule has 0 saturated carbocycles. The summed E-state index contributed by atoms with van der Waals surface area (Å²) in [4.78, 5) is 40.6. The lowest BCUT2D eigenvalue weighted by Gasteiger charge is -2.27. The summed E-state index contributed by atoms with van der Waals surface area (Å²) in [5, 5.41) is -0.438. The van der Waals surface area contributed by atoms with Gasteiger partial charge in [0.1, 0.15) is 13.2 Å². The summed E-state index contributed by atoms with van der Waals surface area (Å²) in [5.74, 6) is 2.75. The number of nitrogens with zero attached hydrogens (tertiary/aromatic N) is 2. The van der Waals surface area contributed by atoms with Crippen LogP contribution < -0.4 is 9.47 Å². The number of carbonyl (C=O) groups excluding carboxylic acids is 3. The quantitative estimate of drug-likeness (QED) is 0.313. The van der Waals surface area contributed by atoms with Crippen LogP contribution in [0, 0.1) is 15.9 Å². The average Bonchev–Trinajstić information content (AvgIpc) is 3.00. The predicted octanol–water partition coefficient (Wildman–Crippen LogP) is 3.36. The van der Waals surface area contributed by atoms with Crippen molar-refractivity contribution in [3.8, 4) is 23.8 Å². The van der Waals surface area contributed by atoms with Gasteiger partial charge in [0.15, 0.2) is 11.5 Å². The number of carbonyl (C=O) groups is 3. The van der Waals surface area contributed by atoms with Gasteiger partial charge in [0, 0.05) is 13.1 Å². The first kappa shape index (κ1) is 22.5. The number of likely N-dealkylation sites (tertiary alicyclic amines) is 1. The largest absolute Gasteiger partial charge is 0.493 e. The van der Waals surface area contributed by atoms with Crippen LogP contribution in [-0.2, 0) is 9.59 Å². The topological polar surface area (TPSA) is 76.2 Å². The molecule has 2 aliphatic heterocycles. The van der Waals surface area contributed by atoms with E-state index in [0.717, 1.165) is 39.5 Å². The number of thioether (sulfide) groups is 1. The summed E-state index contributed by atoms with van der Waals surface area (Å²) in [6.07, 6.45) is 9.87. The van der Waals surface area contributed by atoms with Gasteiger partial charge in [-0.2, -0.15) is 0 Å². The molecular weight excluding hydrogens is 519 g/mol. The molecule has 2 heterocycles. The number of hydrogen-bond donors (Lipinski definition) is 0. The maximum Gasteiger partial charge on any atom is 0.294 e. The standard InChI is InChI=1S/C21H21IN2O5S/c1-3-9-29-19-15(22)10-14(11-16(19)28-2)12-17-20(26)24(21(27)30-17)13-18(25)23-7-5-4-6-8-23/h1,10-12H,4-9,13H2,2H3/b17-12-. The molecule has 0 radical (unpaired) electrons. The zero-order valence-corrected chi connectivity index (χ0v) is 19.5. The highest BCUT2D eigenvalue weighted by Crippen LogP contribution is 2.37. The fourth-order valence-electron chi connectivity index (χ4n) is 3.24. The van der Waals surface area contributed by atoms with Crippen LogP contribution >= 0.6 is 34.4 Å². The van der Waals surface area contributed by atoms with Crippen molar-refractivity contribution in [3.05, 3.63) is 26.2 Å². The van der Waals surface area contributed by atoms with Crippen molar-refractivity contribution in [2.24, 2.45) is 0 Å². The summed E-state index contributed by atoms with van der Waals surface area (Å²) in [6, 6.07) is 3.52. The molecule has 3 rings (SSSR count). The van der Waals surface area contributed by atoms with Crippen LogP contribution in [-0.4, -0.2) is 60.2 Å². The number of amides is 3. The van der Waals surface area contributed by atoms with Crippen molar-refractivity contribution < 1.29 is 23.9 Å². The average molecular weight is 540 g/mol. The van der Waals surface area contributed by atoms with E-state index in [2.05, 4.69) is 28.5 Å². The molecule has 0 N–H and O–H groups in total. The second-order valence-corrected chi connectivity index (χ2v) is 8.89. The van der Waals surface area contributed by atoms with Crippen molar-refractivity contribution in [2.45, 2.75) is 19.3 Å². The first-order valence-electron chi connectivity index (χ1n) is 9.41. The number of halogens is 1. The van der Waals surface area contributed by atoms with E-state index in [1.54, 1.807) is 17.0 Å². The number of methoxy groups -OCH3 is 1. The van der Waals surface area contributed by atoms with E-state index in [0.29, 0.717) is 30.2 Å². The van der Waals surface area contributed by atoms with Gasteiger partial charge < -0.3 is 14.4 Å². The van der Waals surface area contributed by atoms with E-state index in [4.69, 9.17) is 15.9 Å². The van der Waals surface area contributed by atoms with Crippen LogP contribution in [0.2, 0.25) is 0 Å². The number of piperidine rings is 1. The van der Waals surface area contributed by atoms with E-state index in [9.17, 15) is 14.4 Å². The maximum atomic E-state index is 12.8. The van der Waals surface area contributed by atoms with Crippen LogP contribution in [0.3, 0.4) is 0 Å². The minimum atomic E-state index is -0.461. The van der Waals surface area contributed by atoms with Crippen LogP contribution in [0.1, 0.15) is 24.8 Å². The third-order valence-electron chi connectivity index (χ3n) is 4.73. The number of imide groups is 1. The number of rotatable bonds is 6. The molecule has 1 aromatic rings. The van der Waals surface area contributed by atoms with E-state index in [1.165, 1.54) is 7.11 Å². The third kappa shape index (κ3) is 5.10. The smallest absolute Gasteiger partial charge is 0.294 e. The highest BCUT2D eigenvalue weighted by atomic mass is 127. The first-order chi connectivity index (χ1) is 14.4. The van der Waals surface area contributed by atoms with E-state index >= 15 is 0 Å². The molecule has 0 aromatic heterocycles. The third-order valence-corrected chi connectivity index (χ3v) is 6.43. The molecule has 30 heavy (non-hydrogen) atoms. The Bertz CT molecular complexity index is 934. The second-order valence-electron chi connectivity index (χ2n) is 6.74. The van der Waals surface area contributed by atoms with E-state index in [1.807, 2.05) is 6.07 Å². The van der Waals surface area contributed by atoms with Crippen LogP contribution in [0.25, 0.3) is 6.08 Å². The molecule has 0 bridgehead atoms. The van der Waals surface area contributed by atoms with Gasteiger partial charge in [-0.1, -0.05) is 5.92 Å². The zero-order chi connectivity index (χ0) is 21.7. The summed E-state index contributed by atoms with van der Waals surface area (Å²) in [5.41, 5.74) is 0.678. The van der Waals surface area contributed by atoms with Gasteiger partial charge in [0.05, 0.1) is 15.6 Å². The lowest BCUT2D eigenvalue weighted by atomic mass is 10.1. The van der Waals surface area contributed by atoms with Gasteiger partial charge in [-0.25, -0.2) is 0 Å². The molecule has 2 fully saturated rings. The molecule has 158 valence electrons. The van der Waals surface area contributed by atoms with Crippen LogP contribution in [0.4, 0.5) is 4.79 Å². The fourth-order valence-corrected chi connectivity index (χ4v) is 4.86. The Kier molecular flexibility index (Phi) is 7.66. The predicted molar refractivity (Wildman–Crippen MR) is 123 cm³/mol. The Labute approximate surface area is 193 Å². The normalized spacial score (nSPS) is 18.0. The molecule has 0 aliphatic carbocycles. The Morgan fingerprint density at radius 2 is 2.03 bits per heavy atom. The van der Waals surface area contributed by atoms with Gasteiger partial charge in [0.25, 0.3) is 11.1 Å². The van der Waals surface area contributed by atoms with E-state index < -0.39 is 11.1 Å². The second kappa shape index (κ2) is 10.2. The number of benzene rings is 1. The van der Waals surface area contributed by atoms with Gasteiger partial charge in [0.2, 0.25) is 5.91 Å². The van der Waals surface area contributed by atoms with Crippen molar-refractivity contribution >= 4 is 57.5 Å². The molecule has 0 atom stereocenters. The Hall–Kier alpha value is -2.19. The Morgan fingerprint density at radius 1 is 1.30 bits per heavy atom. The SMILES string of the molecule is C#CCOc1c(I)cc(/C=C2\SC(=O)N(CC(=O)N3CCCCC3)C2=O)cc1OC. The molecule has 7 nitrogen and oxygen atoms in total. The van der Waals surface area contributed by atoms with Crippen molar-refractivity contribution in [1.29, 1.82) is 0 Å². The van der Waals surface area contributed by atoms with Crippen LogP contribution in [0.5, 0.6) is 11.5 Å². The monoisotopic (exact) mass is 540 g/mol. The summed E-state index contributed by atoms with van der Waals surface area (Å²) in [7, 11) is 1.51. The molecule has 0 unspecified atom stereocenters. The molecule has 1 aromatic carbocycles. The van der Waals surface area contributed by atoms with Gasteiger partial charge >= 0.3 is 0 Å². The maximum absolute atomic E-state index is 12.8. The first-order valence-corrected chi connectivity index (χ1v) is 11.3. The fraction of sp³-hybridized carbons (Fsp3) is 0.381. The van der Waals surface area contributed by atoms with Gasteiger partial charge in [-0.05, 0) is 77.4 Å². The Balaban J connectivity index is 1.77. The van der Waals surface area contributed by atoms with Gasteiger partial charge in [-0.3, -0.25) is 19.3 Å². The molecule has 9 heteroatoms. The highest BCUT2D eigenvalue weighted by Gasteiger charge is 2.37. The summed E-state index contributed by atoms with van der Waals surface area (Å²) < 4.78 is 11.7. The molecule has 2 saturated heterocycles. The van der Waals surface area contributed by atoms with Crippen LogP contribution in [0.15, 0.2) is 17.0 Å². The number of ether oxygens (including phenoxy) is 2. The van der Waals surface area contributed by atoms with Gasteiger partial charge in [-0.15, -0.1) is 6.42 Å². The zero-order valence-electron chi connectivity index (χ0n) is 16.5. The number of hydrogen-bond acceptors (Lipinski definition) is 6. The molecule has 3 amide bonds. The lowest BCUT2D eigenvalue weighted by Crippen LogP contribution is -2.44. The van der Waals surface area contributed by atoms with E-state index in [-0.39, 0.29) is 24.0 Å². The molecule has 0 spiro atoms.